The van der Waals surface area contributed by atoms with E-state index in [0.29, 0.717) is 19.7 Å². The summed E-state index contributed by atoms with van der Waals surface area (Å²) in [5.41, 5.74) is 0. The highest BCUT2D eigenvalue weighted by molar-refractivity contribution is 7.44. The van der Waals surface area contributed by atoms with Crippen molar-refractivity contribution in [2.45, 2.75) is 64.1 Å². The molecule has 0 aromatic rings. The molecule has 2 rings (SSSR count). The first-order chi connectivity index (χ1) is 13.9. The second kappa shape index (κ2) is 12.5. The highest BCUT2D eigenvalue weighted by Crippen LogP contribution is 2.49. The molecule has 2 radical (unpaired) electrons. The molecule has 2 unspecified atom stereocenters. The van der Waals surface area contributed by atoms with E-state index in [2.05, 4.69) is 42.1 Å². The van der Waals surface area contributed by atoms with Crippen LogP contribution in [0.3, 0.4) is 0 Å². The van der Waals surface area contributed by atoms with Gasteiger partial charge in [-0.15, -0.1) is 0 Å². The standard InChI is InChI=1S/C19H35BN3O5P/c1-14(2)23(15(3)4)29(26-10-7-21-5)28-17-16(27-19(20)18(17)24-6)13-22-8-11-25-12-9-22/h14-19H,7-13H2,1-4,6H3/t16-,17?,18+,19-,29?/m1/s1. The Balaban J connectivity index is 2.16. The Bertz CT molecular complexity index is 511. The summed E-state index contributed by atoms with van der Waals surface area (Å²) in [5, 5.41) is 0. The van der Waals surface area contributed by atoms with Crippen LogP contribution in [-0.2, 0) is 23.3 Å². The fourth-order valence-electron chi connectivity index (χ4n) is 3.73. The first-order valence-electron chi connectivity index (χ1n) is 10.3. The summed E-state index contributed by atoms with van der Waals surface area (Å²) in [6.45, 7) is 20.0. The first kappa shape index (κ1) is 25.0. The minimum Gasteiger partial charge on any atom is -0.379 e. The third-order valence-corrected chi connectivity index (χ3v) is 7.15. The van der Waals surface area contributed by atoms with Gasteiger partial charge in [0.1, 0.15) is 26.7 Å². The van der Waals surface area contributed by atoms with Crippen LogP contribution in [0.5, 0.6) is 0 Å². The molecule has 5 atom stereocenters. The van der Waals surface area contributed by atoms with E-state index in [1.54, 1.807) is 7.11 Å². The molecule has 2 heterocycles. The zero-order valence-corrected chi connectivity index (χ0v) is 19.2. The van der Waals surface area contributed by atoms with Crippen molar-refractivity contribution in [3.8, 4) is 0 Å². The second-order valence-corrected chi connectivity index (χ2v) is 9.25. The monoisotopic (exact) mass is 427 g/mol. The summed E-state index contributed by atoms with van der Waals surface area (Å²) in [6.07, 6.45) is -0.947. The molecule has 8 nitrogen and oxygen atoms in total. The Morgan fingerprint density at radius 3 is 2.41 bits per heavy atom. The highest BCUT2D eigenvalue weighted by atomic mass is 31.2. The normalized spacial score (nSPS) is 29.6. The van der Waals surface area contributed by atoms with Gasteiger partial charge in [0.15, 0.2) is 0 Å². The Kier molecular flexibility index (Phi) is 10.8. The van der Waals surface area contributed by atoms with Gasteiger partial charge in [-0.2, -0.15) is 0 Å². The number of ether oxygens (including phenoxy) is 3. The van der Waals surface area contributed by atoms with Gasteiger partial charge in [0, 0.05) is 44.8 Å². The SMILES string of the molecule is [B][C@@H]1O[C@H](CN2CCOCC2)C(OP(OCC[N+]#[C-])N(C(C)C)C(C)C)[C@@H]1OC. The molecule has 2 fully saturated rings. The fraction of sp³-hybridized carbons (Fsp3) is 0.947. The van der Waals surface area contributed by atoms with E-state index in [1.165, 1.54) is 0 Å². The maximum atomic E-state index is 7.04. The topological polar surface area (TPSA) is 57.0 Å². The molecule has 0 saturated carbocycles. The molecule has 2 aliphatic rings. The van der Waals surface area contributed by atoms with Gasteiger partial charge in [0.2, 0.25) is 6.54 Å². The van der Waals surface area contributed by atoms with Crippen LogP contribution < -0.4 is 0 Å². The molecule has 2 saturated heterocycles. The molecule has 29 heavy (non-hydrogen) atoms. The third kappa shape index (κ3) is 7.12. The van der Waals surface area contributed by atoms with E-state index < -0.39 is 14.5 Å². The Hall–Kier alpha value is -0.295. The lowest BCUT2D eigenvalue weighted by atomic mass is 9.93. The largest absolute Gasteiger partial charge is 0.379 e. The second-order valence-electron chi connectivity index (χ2n) is 7.84. The van der Waals surface area contributed by atoms with Crippen LogP contribution in [-0.4, -0.2) is 107 Å². The highest BCUT2D eigenvalue weighted by Gasteiger charge is 2.46. The number of hydrogen-bond acceptors (Lipinski definition) is 7. The minimum absolute atomic E-state index is 0.219. The van der Waals surface area contributed by atoms with Gasteiger partial charge < -0.3 is 28.1 Å². The zero-order valence-electron chi connectivity index (χ0n) is 18.3. The van der Waals surface area contributed by atoms with Crippen LogP contribution in [0.25, 0.3) is 4.85 Å². The van der Waals surface area contributed by atoms with Crippen molar-refractivity contribution in [2.75, 3.05) is 53.1 Å². The van der Waals surface area contributed by atoms with E-state index in [-0.39, 0.29) is 30.4 Å². The van der Waals surface area contributed by atoms with Gasteiger partial charge in [-0.3, -0.25) is 4.90 Å². The summed E-state index contributed by atoms with van der Waals surface area (Å²) in [5.74, 6) is 0. The van der Waals surface area contributed by atoms with Crippen molar-refractivity contribution in [3.05, 3.63) is 11.4 Å². The van der Waals surface area contributed by atoms with Gasteiger partial charge >= 0.3 is 0 Å². The lowest BCUT2D eigenvalue weighted by molar-refractivity contribution is -0.0234. The lowest BCUT2D eigenvalue weighted by Gasteiger charge is -2.38. The fourth-order valence-corrected chi connectivity index (χ4v) is 5.49. The molecule has 0 bridgehead atoms. The van der Waals surface area contributed by atoms with Gasteiger partial charge in [-0.05, 0) is 27.7 Å². The molecule has 0 N–H and O–H groups in total. The summed E-state index contributed by atoms with van der Waals surface area (Å²) in [7, 11) is 6.45. The molecule has 164 valence electrons. The number of morpholine rings is 1. The summed E-state index contributed by atoms with van der Waals surface area (Å²) in [6, 6.07) is -0.102. The Labute approximate surface area is 178 Å². The van der Waals surface area contributed by atoms with Crippen molar-refractivity contribution in [2.24, 2.45) is 0 Å². The van der Waals surface area contributed by atoms with Crippen molar-refractivity contribution >= 4 is 16.4 Å². The maximum absolute atomic E-state index is 7.04. The van der Waals surface area contributed by atoms with Crippen molar-refractivity contribution in [1.82, 2.24) is 9.57 Å². The third-order valence-electron chi connectivity index (χ3n) is 5.02. The van der Waals surface area contributed by atoms with Crippen LogP contribution >= 0.6 is 8.53 Å². The Morgan fingerprint density at radius 1 is 1.21 bits per heavy atom. The Morgan fingerprint density at radius 2 is 1.86 bits per heavy atom. The molecule has 0 aromatic carbocycles. The average molecular weight is 427 g/mol. The molecule has 0 amide bonds. The van der Waals surface area contributed by atoms with Crippen LogP contribution in [0.1, 0.15) is 27.7 Å². The van der Waals surface area contributed by atoms with Crippen molar-refractivity contribution < 1.29 is 23.3 Å². The number of hydrogen-bond donors (Lipinski definition) is 0. The van der Waals surface area contributed by atoms with Gasteiger partial charge in [0.05, 0.1) is 19.3 Å². The quantitative estimate of drug-likeness (QED) is 0.216. The molecular weight excluding hydrogens is 392 g/mol. The van der Waals surface area contributed by atoms with Crippen molar-refractivity contribution in [3.63, 3.8) is 0 Å². The number of methoxy groups -OCH3 is 1. The minimum atomic E-state index is -1.40. The van der Waals surface area contributed by atoms with E-state index in [1.807, 2.05) is 0 Å². The average Bonchev–Trinajstić information content (AvgIpc) is 2.96. The number of nitrogens with zero attached hydrogens (tertiary/aromatic N) is 3. The smallest absolute Gasteiger partial charge is 0.259 e. The maximum Gasteiger partial charge on any atom is 0.259 e. The molecule has 2 aliphatic heterocycles. The van der Waals surface area contributed by atoms with E-state index >= 15 is 0 Å². The van der Waals surface area contributed by atoms with E-state index in [4.69, 9.17) is 37.7 Å². The zero-order chi connectivity index (χ0) is 21.4. The molecule has 0 aliphatic carbocycles. The summed E-state index contributed by atoms with van der Waals surface area (Å²) in [4.78, 5) is 5.70. The van der Waals surface area contributed by atoms with Crippen LogP contribution in [0, 0.1) is 6.57 Å². The van der Waals surface area contributed by atoms with E-state index in [0.717, 1.165) is 26.3 Å². The van der Waals surface area contributed by atoms with E-state index in [9.17, 15) is 0 Å². The molecule has 0 aromatic heterocycles. The van der Waals surface area contributed by atoms with Crippen LogP contribution in [0.2, 0.25) is 0 Å². The summed E-state index contributed by atoms with van der Waals surface area (Å²) < 4.78 is 32.0. The summed E-state index contributed by atoms with van der Waals surface area (Å²) >= 11 is 0. The van der Waals surface area contributed by atoms with Crippen molar-refractivity contribution in [1.29, 1.82) is 0 Å². The molecule has 0 spiro atoms. The van der Waals surface area contributed by atoms with Gasteiger partial charge in [-0.25, -0.2) is 11.2 Å². The van der Waals surface area contributed by atoms with Crippen LogP contribution in [0.4, 0.5) is 0 Å². The predicted octanol–water partition coefficient (Wildman–Crippen LogP) is 1.89. The molecule has 10 heteroatoms. The van der Waals surface area contributed by atoms with Gasteiger partial charge in [-0.1, -0.05) is 0 Å². The lowest BCUT2D eigenvalue weighted by Crippen LogP contribution is -2.46. The first-order valence-corrected chi connectivity index (χ1v) is 11.5. The number of rotatable bonds is 11. The molecular formula is C19H35BN3O5P. The van der Waals surface area contributed by atoms with Crippen LogP contribution in [0.15, 0.2) is 0 Å². The predicted molar refractivity (Wildman–Crippen MR) is 114 cm³/mol. The van der Waals surface area contributed by atoms with Gasteiger partial charge in [0.25, 0.3) is 8.53 Å².